The number of fused-ring (bicyclic) bond motifs is 1. The highest BCUT2D eigenvalue weighted by molar-refractivity contribution is 5.94. The predicted octanol–water partition coefficient (Wildman–Crippen LogP) is 2.72. The minimum atomic E-state index is -1.05. The number of carboxylic acid groups (broad SMARTS) is 1. The summed E-state index contributed by atoms with van der Waals surface area (Å²) in [7, 11) is 0. The summed E-state index contributed by atoms with van der Waals surface area (Å²) in [4.78, 5) is 34.8. The first-order chi connectivity index (χ1) is 13.4. The van der Waals surface area contributed by atoms with Crippen LogP contribution in [0.4, 0.5) is 5.69 Å². The SMILES string of the molecule is O=C[C@@H](CCC(=O)O)Nc1c(O)ccc2c(=O)c(-c3ccc(O)cc3)coc12. The Kier molecular flexibility index (Phi) is 5.30. The van der Waals surface area contributed by atoms with Crippen molar-refractivity contribution in [3.05, 3.63) is 52.9 Å². The number of benzene rings is 2. The fourth-order valence-electron chi connectivity index (χ4n) is 2.81. The van der Waals surface area contributed by atoms with Crippen molar-refractivity contribution in [1.29, 1.82) is 0 Å². The van der Waals surface area contributed by atoms with Crippen LogP contribution in [0.25, 0.3) is 22.1 Å². The number of hydrogen-bond acceptors (Lipinski definition) is 7. The lowest BCUT2D eigenvalue weighted by molar-refractivity contribution is -0.137. The van der Waals surface area contributed by atoms with Crippen LogP contribution < -0.4 is 10.7 Å². The van der Waals surface area contributed by atoms with Gasteiger partial charge in [-0.1, -0.05) is 12.1 Å². The number of rotatable bonds is 7. The molecule has 8 nitrogen and oxygen atoms in total. The van der Waals surface area contributed by atoms with Crippen LogP contribution in [0.3, 0.4) is 0 Å². The Balaban J connectivity index is 2.05. The lowest BCUT2D eigenvalue weighted by atomic mass is 10.0. The van der Waals surface area contributed by atoms with Crippen LogP contribution >= 0.6 is 0 Å². The van der Waals surface area contributed by atoms with E-state index in [1.165, 1.54) is 30.5 Å². The number of phenolic OH excluding ortho intramolecular Hbond substituents is 2. The summed E-state index contributed by atoms with van der Waals surface area (Å²) in [5.41, 5.74) is 0.539. The maximum atomic E-state index is 12.9. The molecule has 3 aromatic rings. The summed E-state index contributed by atoms with van der Waals surface area (Å²) in [6.45, 7) is 0. The number of anilines is 1. The molecule has 1 atom stereocenters. The first-order valence-corrected chi connectivity index (χ1v) is 8.41. The van der Waals surface area contributed by atoms with Crippen LogP contribution in [0.1, 0.15) is 12.8 Å². The summed E-state index contributed by atoms with van der Waals surface area (Å²) >= 11 is 0. The molecule has 1 heterocycles. The number of carboxylic acids is 1. The second-order valence-electron chi connectivity index (χ2n) is 6.18. The molecule has 0 saturated carbocycles. The molecule has 0 fully saturated rings. The van der Waals surface area contributed by atoms with E-state index in [2.05, 4.69) is 5.32 Å². The molecule has 0 aliphatic heterocycles. The molecule has 0 aliphatic carbocycles. The molecular weight excluding hydrogens is 366 g/mol. The van der Waals surface area contributed by atoms with Crippen LogP contribution in [0, 0.1) is 0 Å². The van der Waals surface area contributed by atoms with Gasteiger partial charge in [-0.25, -0.2) is 0 Å². The number of carbonyl (C=O) groups is 2. The van der Waals surface area contributed by atoms with Crippen molar-refractivity contribution in [3.63, 3.8) is 0 Å². The van der Waals surface area contributed by atoms with Crippen molar-refractivity contribution < 1.29 is 29.3 Å². The van der Waals surface area contributed by atoms with Crippen molar-refractivity contribution in [3.8, 4) is 22.6 Å². The van der Waals surface area contributed by atoms with E-state index in [9.17, 15) is 24.6 Å². The Labute approximate surface area is 158 Å². The van der Waals surface area contributed by atoms with E-state index in [-0.39, 0.29) is 52.0 Å². The van der Waals surface area contributed by atoms with Crippen molar-refractivity contribution in [1.82, 2.24) is 0 Å². The molecule has 0 spiro atoms. The van der Waals surface area contributed by atoms with Gasteiger partial charge in [-0.05, 0) is 36.2 Å². The molecular formula is C20H17NO7. The standard InChI is InChI=1S/C20H17NO7/c22-9-12(3-8-17(25)26)21-18-16(24)7-6-14-19(27)15(10-28-20(14)18)11-1-4-13(23)5-2-11/h1-2,4-7,9-10,12,21,23-24H,3,8H2,(H,25,26)/t12-/m1/s1. The van der Waals surface area contributed by atoms with E-state index in [1.807, 2.05) is 0 Å². The number of hydrogen-bond donors (Lipinski definition) is 4. The minimum Gasteiger partial charge on any atom is -0.508 e. The highest BCUT2D eigenvalue weighted by Crippen LogP contribution is 2.33. The largest absolute Gasteiger partial charge is 0.508 e. The molecule has 0 amide bonds. The average molecular weight is 383 g/mol. The summed E-state index contributed by atoms with van der Waals surface area (Å²) in [6, 6.07) is 7.84. The van der Waals surface area contributed by atoms with E-state index in [0.717, 1.165) is 0 Å². The average Bonchev–Trinajstić information content (AvgIpc) is 2.67. The number of aliphatic carboxylic acids is 1. The molecule has 3 rings (SSSR count). The molecule has 28 heavy (non-hydrogen) atoms. The topological polar surface area (TPSA) is 137 Å². The van der Waals surface area contributed by atoms with E-state index in [1.54, 1.807) is 12.1 Å². The molecule has 0 unspecified atom stereocenters. The van der Waals surface area contributed by atoms with Gasteiger partial charge < -0.3 is 29.8 Å². The van der Waals surface area contributed by atoms with E-state index in [4.69, 9.17) is 9.52 Å². The number of nitrogens with one attached hydrogen (secondary N) is 1. The number of aldehydes is 1. The first kappa shape index (κ1) is 19.0. The Morgan fingerprint density at radius 3 is 2.50 bits per heavy atom. The van der Waals surface area contributed by atoms with Gasteiger partial charge in [-0.15, -0.1) is 0 Å². The zero-order chi connectivity index (χ0) is 20.3. The molecule has 0 aliphatic rings. The van der Waals surface area contributed by atoms with Crippen molar-refractivity contribution in [2.24, 2.45) is 0 Å². The Morgan fingerprint density at radius 2 is 1.86 bits per heavy atom. The third-order valence-corrected chi connectivity index (χ3v) is 4.26. The van der Waals surface area contributed by atoms with Gasteiger partial charge in [0.1, 0.15) is 29.7 Å². The zero-order valence-electron chi connectivity index (χ0n) is 14.6. The maximum absolute atomic E-state index is 12.9. The second kappa shape index (κ2) is 7.83. The van der Waals surface area contributed by atoms with Gasteiger partial charge in [0, 0.05) is 6.42 Å². The minimum absolute atomic E-state index is 0.00445. The highest BCUT2D eigenvalue weighted by atomic mass is 16.4. The van der Waals surface area contributed by atoms with Crippen molar-refractivity contribution in [2.45, 2.75) is 18.9 Å². The summed E-state index contributed by atoms with van der Waals surface area (Å²) in [5, 5.41) is 31.2. The molecule has 1 aromatic heterocycles. The molecule has 8 heteroatoms. The molecule has 0 bridgehead atoms. The van der Waals surface area contributed by atoms with E-state index in [0.29, 0.717) is 11.8 Å². The van der Waals surface area contributed by atoms with Gasteiger partial charge in [0.05, 0.1) is 17.0 Å². The lowest BCUT2D eigenvalue weighted by Gasteiger charge is -2.16. The van der Waals surface area contributed by atoms with Crippen LogP contribution in [-0.2, 0) is 9.59 Å². The Bertz CT molecular complexity index is 1090. The van der Waals surface area contributed by atoms with E-state index < -0.39 is 12.0 Å². The lowest BCUT2D eigenvalue weighted by Crippen LogP contribution is -2.22. The fourth-order valence-corrected chi connectivity index (χ4v) is 2.81. The summed E-state index contributed by atoms with van der Waals surface area (Å²) in [5.74, 6) is -1.23. The van der Waals surface area contributed by atoms with Gasteiger partial charge in [0.25, 0.3) is 0 Å². The normalized spacial score (nSPS) is 11.9. The van der Waals surface area contributed by atoms with E-state index >= 15 is 0 Å². The smallest absolute Gasteiger partial charge is 0.303 e. The monoisotopic (exact) mass is 383 g/mol. The third-order valence-electron chi connectivity index (χ3n) is 4.26. The number of aromatic hydroxyl groups is 2. The molecule has 2 aromatic carbocycles. The maximum Gasteiger partial charge on any atom is 0.303 e. The van der Waals surface area contributed by atoms with Crippen LogP contribution in [0.15, 0.2) is 51.9 Å². The Hall–Kier alpha value is -3.81. The molecule has 4 N–H and O–H groups in total. The third kappa shape index (κ3) is 3.80. The fraction of sp³-hybridized carbons (Fsp3) is 0.150. The van der Waals surface area contributed by atoms with Gasteiger partial charge in [-0.3, -0.25) is 9.59 Å². The quantitative estimate of drug-likeness (QED) is 0.361. The second-order valence-corrected chi connectivity index (χ2v) is 6.18. The molecule has 144 valence electrons. The van der Waals surface area contributed by atoms with Gasteiger partial charge in [0.2, 0.25) is 5.43 Å². The van der Waals surface area contributed by atoms with Crippen molar-refractivity contribution in [2.75, 3.05) is 5.32 Å². The van der Waals surface area contributed by atoms with Crippen molar-refractivity contribution >= 4 is 28.9 Å². The molecule has 0 radical (unpaired) electrons. The predicted molar refractivity (Wildman–Crippen MR) is 102 cm³/mol. The molecule has 0 saturated heterocycles. The van der Waals surface area contributed by atoms with Gasteiger partial charge in [-0.2, -0.15) is 0 Å². The summed E-state index contributed by atoms with van der Waals surface area (Å²) < 4.78 is 5.57. The summed E-state index contributed by atoms with van der Waals surface area (Å²) in [6.07, 6.45) is 1.53. The van der Waals surface area contributed by atoms with Gasteiger partial charge in [0.15, 0.2) is 5.58 Å². The first-order valence-electron chi connectivity index (χ1n) is 8.41. The van der Waals surface area contributed by atoms with Crippen LogP contribution in [0.5, 0.6) is 11.5 Å². The van der Waals surface area contributed by atoms with Gasteiger partial charge >= 0.3 is 5.97 Å². The Morgan fingerprint density at radius 1 is 1.14 bits per heavy atom. The van der Waals surface area contributed by atoms with Crippen LogP contribution in [0.2, 0.25) is 0 Å². The van der Waals surface area contributed by atoms with Crippen LogP contribution in [-0.4, -0.2) is 33.6 Å². The number of phenols is 2. The number of carbonyl (C=O) groups excluding carboxylic acids is 1. The highest BCUT2D eigenvalue weighted by Gasteiger charge is 2.18. The zero-order valence-corrected chi connectivity index (χ0v) is 14.6.